The van der Waals surface area contributed by atoms with Gasteiger partial charge in [0.2, 0.25) is 0 Å². The predicted molar refractivity (Wildman–Crippen MR) is 58.7 cm³/mol. The molecule has 74 valence electrons. The minimum atomic E-state index is 0.608. The van der Waals surface area contributed by atoms with Crippen LogP contribution in [0.4, 0.5) is 0 Å². The van der Waals surface area contributed by atoms with Crippen molar-refractivity contribution in [2.24, 2.45) is 5.73 Å². The fraction of sp³-hybridized carbons (Fsp3) is 1.00. The summed E-state index contributed by atoms with van der Waals surface area (Å²) in [5.74, 6) is 1.20. The molecule has 2 unspecified atom stereocenters. The normalized spacial score (nSPS) is 16.5. The lowest BCUT2D eigenvalue weighted by molar-refractivity contribution is 0.204. The minimum Gasteiger partial charge on any atom is -0.330 e. The van der Waals surface area contributed by atoms with Gasteiger partial charge in [-0.1, -0.05) is 0 Å². The summed E-state index contributed by atoms with van der Waals surface area (Å²) in [6.45, 7) is 5.30. The highest BCUT2D eigenvalue weighted by molar-refractivity contribution is 7.98. The molecular weight excluding hydrogens is 168 g/mol. The van der Waals surface area contributed by atoms with Gasteiger partial charge < -0.3 is 10.6 Å². The van der Waals surface area contributed by atoms with Gasteiger partial charge in [0.25, 0.3) is 0 Å². The van der Waals surface area contributed by atoms with Crippen molar-refractivity contribution >= 4 is 11.8 Å². The van der Waals surface area contributed by atoms with Crippen LogP contribution in [0.1, 0.15) is 20.3 Å². The van der Waals surface area contributed by atoms with Gasteiger partial charge in [-0.3, -0.25) is 0 Å². The largest absolute Gasteiger partial charge is 0.330 e. The monoisotopic (exact) mass is 190 g/mol. The van der Waals surface area contributed by atoms with Gasteiger partial charge in [0, 0.05) is 17.8 Å². The third-order valence-corrected chi connectivity index (χ3v) is 3.20. The third kappa shape index (κ3) is 4.33. The molecule has 0 aromatic rings. The Hall–Kier alpha value is 0.270. The number of thioether (sulfide) groups is 1. The van der Waals surface area contributed by atoms with E-state index in [0.717, 1.165) is 13.0 Å². The van der Waals surface area contributed by atoms with Crippen molar-refractivity contribution in [3.05, 3.63) is 0 Å². The SMILES string of the molecule is CSCC(C)N(C)C(C)CCN. The van der Waals surface area contributed by atoms with E-state index in [1.54, 1.807) is 0 Å². The van der Waals surface area contributed by atoms with Crippen LogP contribution in [0.25, 0.3) is 0 Å². The molecule has 0 aliphatic carbocycles. The molecule has 0 spiro atoms. The smallest absolute Gasteiger partial charge is 0.0157 e. The topological polar surface area (TPSA) is 29.3 Å². The first-order chi connectivity index (χ1) is 5.63. The summed E-state index contributed by atoms with van der Waals surface area (Å²) in [4.78, 5) is 2.41. The molecule has 2 nitrogen and oxygen atoms in total. The van der Waals surface area contributed by atoms with Crippen LogP contribution in [0.15, 0.2) is 0 Å². The van der Waals surface area contributed by atoms with Gasteiger partial charge in [-0.05, 0) is 40.1 Å². The number of hydrogen-bond acceptors (Lipinski definition) is 3. The second-order valence-corrected chi connectivity index (χ2v) is 4.31. The number of nitrogens with zero attached hydrogens (tertiary/aromatic N) is 1. The number of hydrogen-bond donors (Lipinski definition) is 1. The Balaban J connectivity index is 3.73. The van der Waals surface area contributed by atoms with Gasteiger partial charge >= 0.3 is 0 Å². The molecule has 0 radical (unpaired) electrons. The van der Waals surface area contributed by atoms with E-state index in [1.807, 2.05) is 11.8 Å². The Morgan fingerprint density at radius 2 is 1.92 bits per heavy atom. The molecule has 2 N–H and O–H groups in total. The van der Waals surface area contributed by atoms with Gasteiger partial charge in [0.1, 0.15) is 0 Å². The Morgan fingerprint density at radius 3 is 2.33 bits per heavy atom. The molecule has 0 saturated heterocycles. The molecule has 12 heavy (non-hydrogen) atoms. The zero-order valence-electron chi connectivity index (χ0n) is 8.71. The quantitative estimate of drug-likeness (QED) is 0.686. The predicted octanol–water partition coefficient (Wildman–Crippen LogP) is 1.41. The second kappa shape index (κ2) is 6.75. The molecule has 0 saturated carbocycles. The van der Waals surface area contributed by atoms with E-state index in [2.05, 4.69) is 32.1 Å². The Morgan fingerprint density at radius 1 is 1.33 bits per heavy atom. The third-order valence-electron chi connectivity index (χ3n) is 2.38. The number of nitrogens with two attached hydrogens (primary N) is 1. The highest BCUT2D eigenvalue weighted by atomic mass is 32.2. The van der Waals surface area contributed by atoms with E-state index in [4.69, 9.17) is 5.73 Å². The lowest BCUT2D eigenvalue weighted by atomic mass is 10.2. The van der Waals surface area contributed by atoms with Crippen molar-refractivity contribution in [2.75, 3.05) is 25.6 Å². The van der Waals surface area contributed by atoms with E-state index in [-0.39, 0.29) is 0 Å². The molecule has 0 rings (SSSR count). The average molecular weight is 190 g/mol. The molecule has 0 fully saturated rings. The summed E-state index contributed by atoms with van der Waals surface area (Å²) in [5.41, 5.74) is 5.51. The van der Waals surface area contributed by atoms with Crippen molar-refractivity contribution in [2.45, 2.75) is 32.4 Å². The van der Waals surface area contributed by atoms with Crippen LogP contribution in [0.3, 0.4) is 0 Å². The van der Waals surface area contributed by atoms with Gasteiger partial charge in [-0.15, -0.1) is 0 Å². The van der Waals surface area contributed by atoms with Crippen LogP contribution in [-0.2, 0) is 0 Å². The molecule has 0 aliphatic heterocycles. The van der Waals surface area contributed by atoms with Crippen LogP contribution in [0.2, 0.25) is 0 Å². The molecule has 0 heterocycles. The van der Waals surface area contributed by atoms with Crippen LogP contribution < -0.4 is 5.73 Å². The van der Waals surface area contributed by atoms with E-state index in [0.29, 0.717) is 12.1 Å². The lowest BCUT2D eigenvalue weighted by Crippen LogP contribution is -2.39. The minimum absolute atomic E-state index is 0.608. The van der Waals surface area contributed by atoms with E-state index >= 15 is 0 Å². The van der Waals surface area contributed by atoms with Crippen molar-refractivity contribution < 1.29 is 0 Å². The van der Waals surface area contributed by atoms with Crippen molar-refractivity contribution in [3.8, 4) is 0 Å². The fourth-order valence-electron chi connectivity index (χ4n) is 1.24. The second-order valence-electron chi connectivity index (χ2n) is 3.40. The molecule has 0 aromatic heterocycles. The lowest BCUT2D eigenvalue weighted by Gasteiger charge is -2.30. The summed E-state index contributed by atoms with van der Waals surface area (Å²) >= 11 is 1.90. The molecule has 0 bridgehead atoms. The van der Waals surface area contributed by atoms with Crippen molar-refractivity contribution in [1.29, 1.82) is 0 Å². The molecular formula is C9H22N2S. The first-order valence-corrected chi connectivity index (χ1v) is 5.93. The highest BCUT2D eigenvalue weighted by Gasteiger charge is 2.13. The van der Waals surface area contributed by atoms with Gasteiger partial charge in [0.05, 0.1) is 0 Å². The maximum absolute atomic E-state index is 5.51. The Bertz CT molecular complexity index is 96.7. The van der Waals surface area contributed by atoms with Gasteiger partial charge in [0.15, 0.2) is 0 Å². The maximum atomic E-state index is 5.51. The van der Waals surface area contributed by atoms with Crippen molar-refractivity contribution in [3.63, 3.8) is 0 Å². The van der Waals surface area contributed by atoms with Crippen LogP contribution in [0, 0.1) is 0 Å². The standard InChI is InChI=1S/C9H22N2S/c1-8(5-6-10)11(3)9(2)7-12-4/h8-9H,5-7,10H2,1-4H3. The Kier molecular flexibility index (Phi) is 6.90. The average Bonchev–Trinajstić information content (AvgIpc) is 2.04. The molecule has 0 aromatic carbocycles. The molecule has 0 amide bonds. The summed E-state index contributed by atoms with van der Waals surface area (Å²) in [7, 11) is 2.18. The van der Waals surface area contributed by atoms with E-state index in [9.17, 15) is 0 Å². The molecule has 0 aliphatic rings. The highest BCUT2D eigenvalue weighted by Crippen LogP contribution is 2.09. The Labute approximate surface area is 80.9 Å². The maximum Gasteiger partial charge on any atom is 0.0157 e. The summed E-state index contributed by atoms with van der Waals surface area (Å²) in [6, 6.07) is 1.26. The zero-order valence-corrected chi connectivity index (χ0v) is 9.53. The van der Waals surface area contributed by atoms with Crippen LogP contribution in [0.5, 0.6) is 0 Å². The van der Waals surface area contributed by atoms with E-state index < -0.39 is 0 Å². The fourth-order valence-corrected chi connectivity index (χ4v) is 1.96. The summed E-state index contributed by atoms with van der Waals surface area (Å²) in [6.07, 6.45) is 3.24. The first kappa shape index (κ1) is 12.3. The molecule has 2 atom stereocenters. The van der Waals surface area contributed by atoms with Crippen LogP contribution >= 0.6 is 11.8 Å². The van der Waals surface area contributed by atoms with Gasteiger partial charge in [-0.25, -0.2) is 0 Å². The summed E-state index contributed by atoms with van der Waals surface area (Å²) in [5, 5.41) is 0. The first-order valence-electron chi connectivity index (χ1n) is 4.54. The van der Waals surface area contributed by atoms with Crippen molar-refractivity contribution in [1.82, 2.24) is 4.90 Å². The molecule has 3 heteroatoms. The summed E-state index contributed by atoms with van der Waals surface area (Å²) < 4.78 is 0. The zero-order chi connectivity index (χ0) is 9.56. The van der Waals surface area contributed by atoms with E-state index in [1.165, 1.54) is 5.75 Å². The number of rotatable bonds is 6. The van der Waals surface area contributed by atoms with Crippen LogP contribution in [-0.4, -0.2) is 42.6 Å². The van der Waals surface area contributed by atoms with Gasteiger partial charge in [-0.2, -0.15) is 11.8 Å².